The topological polar surface area (TPSA) is 21.3 Å². The largest absolute Gasteiger partial charge is 0.378 e. The third-order valence-electron chi connectivity index (χ3n) is 3.87. The fourth-order valence-corrected chi connectivity index (χ4v) is 3.01. The number of rotatable bonds is 6. The van der Waals surface area contributed by atoms with E-state index in [1.165, 1.54) is 24.0 Å². The summed E-state index contributed by atoms with van der Waals surface area (Å²) in [5.41, 5.74) is 2.63. The van der Waals surface area contributed by atoms with E-state index >= 15 is 0 Å². The number of hydrogen-bond donors (Lipinski definition) is 1. The molecule has 1 aliphatic rings. The molecule has 0 bridgehead atoms. The standard InChI is InChI=1S/C16H24ClNO/c1-3-18-16(9-8-14-5-4-10-19-14)15-11-13(17)7-6-12(15)2/h6-7,11,14,16,18H,3-5,8-10H2,1-2H3. The molecule has 0 saturated carbocycles. The van der Waals surface area contributed by atoms with Gasteiger partial charge in [-0.25, -0.2) is 0 Å². The van der Waals surface area contributed by atoms with Gasteiger partial charge in [0.1, 0.15) is 0 Å². The minimum absolute atomic E-state index is 0.382. The highest BCUT2D eigenvalue weighted by molar-refractivity contribution is 6.30. The molecule has 1 aromatic carbocycles. The Bertz CT molecular complexity index is 402. The van der Waals surface area contributed by atoms with Gasteiger partial charge in [0.05, 0.1) is 6.10 Å². The number of benzene rings is 1. The zero-order valence-corrected chi connectivity index (χ0v) is 12.7. The van der Waals surface area contributed by atoms with Gasteiger partial charge in [0, 0.05) is 17.7 Å². The summed E-state index contributed by atoms with van der Waals surface area (Å²) < 4.78 is 5.72. The second-order valence-electron chi connectivity index (χ2n) is 5.32. The summed E-state index contributed by atoms with van der Waals surface area (Å²) in [4.78, 5) is 0. The predicted octanol–water partition coefficient (Wildman–Crippen LogP) is 4.26. The fourth-order valence-electron chi connectivity index (χ4n) is 2.83. The van der Waals surface area contributed by atoms with Crippen molar-refractivity contribution < 1.29 is 4.74 Å². The molecule has 1 heterocycles. The number of halogens is 1. The lowest BCUT2D eigenvalue weighted by Gasteiger charge is -2.22. The maximum atomic E-state index is 6.14. The van der Waals surface area contributed by atoms with Crippen molar-refractivity contribution in [2.75, 3.05) is 13.2 Å². The molecule has 19 heavy (non-hydrogen) atoms. The van der Waals surface area contributed by atoms with Gasteiger partial charge < -0.3 is 10.1 Å². The van der Waals surface area contributed by atoms with E-state index < -0.39 is 0 Å². The number of aryl methyl sites for hydroxylation is 1. The Morgan fingerprint density at radius 2 is 2.32 bits per heavy atom. The molecule has 3 heteroatoms. The van der Waals surface area contributed by atoms with E-state index in [0.29, 0.717) is 12.1 Å². The molecule has 1 saturated heterocycles. The third-order valence-corrected chi connectivity index (χ3v) is 4.10. The van der Waals surface area contributed by atoms with E-state index in [4.69, 9.17) is 16.3 Å². The first-order chi connectivity index (χ1) is 9.20. The zero-order valence-electron chi connectivity index (χ0n) is 11.9. The van der Waals surface area contributed by atoms with Crippen LogP contribution in [-0.4, -0.2) is 19.3 Å². The Hall–Kier alpha value is -0.570. The molecule has 0 radical (unpaired) electrons. The molecule has 1 fully saturated rings. The highest BCUT2D eigenvalue weighted by Crippen LogP contribution is 2.27. The van der Waals surface area contributed by atoms with Crippen LogP contribution in [0.15, 0.2) is 18.2 Å². The zero-order chi connectivity index (χ0) is 13.7. The molecule has 2 rings (SSSR count). The van der Waals surface area contributed by atoms with E-state index in [9.17, 15) is 0 Å². The van der Waals surface area contributed by atoms with Crippen LogP contribution in [0.3, 0.4) is 0 Å². The lowest BCUT2D eigenvalue weighted by Crippen LogP contribution is -2.23. The van der Waals surface area contributed by atoms with Crippen molar-refractivity contribution >= 4 is 11.6 Å². The Morgan fingerprint density at radius 1 is 1.47 bits per heavy atom. The molecule has 2 nitrogen and oxygen atoms in total. The van der Waals surface area contributed by atoms with E-state index in [-0.39, 0.29) is 0 Å². The van der Waals surface area contributed by atoms with Crippen molar-refractivity contribution in [2.45, 2.75) is 51.7 Å². The van der Waals surface area contributed by atoms with E-state index in [1.54, 1.807) is 0 Å². The van der Waals surface area contributed by atoms with Gasteiger partial charge >= 0.3 is 0 Å². The average Bonchev–Trinajstić information content (AvgIpc) is 2.91. The monoisotopic (exact) mass is 281 g/mol. The molecular formula is C16H24ClNO. The first kappa shape index (κ1) is 14.8. The summed E-state index contributed by atoms with van der Waals surface area (Å²) in [5.74, 6) is 0. The fraction of sp³-hybridized carbons (Fsp3) is 0.625. The summed E-state index contributed by atoms with van der Waals surface area (Å²) in [5, 5.41) is 4.40. The van der Waals surface area contributed by atoms with Crippen LogP contribution >= 0.6 is 11.6 Å². The van der Waals surface area contributed by atoms with Gasteiger partial charge in [0.2, 0.25) is 0 Å². The highest BCUT2D eigenvalue weighted by atomic mass is 35.5. The molecule has 2 unspecified atom stereocenters. The molecule has 106 valence electrons. The van der Waals surface area contributed by atoms with Gasteiger partial charge in [-0.2, -0.15) is 0 Å². The van der Waals surface area contributed by atoms with E-state index in [1.807, 2.05) is 6.07 Å². The van der Waals surface area contributed by atoms with Crippen LogP contribution in [0.4, 0.5) is 0 Å². The van der Waals surface area contributed by atoms with E-state index in [2.05, 4.69) is 31.3 Å². The molecule has 1 N–H and O–H groups in total. The SMILES string of the molecule is CCNC(CCC1CCCO1)c1cc(Cl)ccc1C. The van der Waals surface area contributed by atoms with Crippen LogP contribution in [-0.2, 0) is 4.74 Å². The van der Waals surface area contributed by atoms with Crippen molar-refractivity contribution in [3.05, 3.63) is 34.3 Å². The lowest BCUT2D eigenvalue weighted by atomic mass is 9.95. The average molecular weight is 282 g/mol. The lowest BCUT2D eigenvalue weighted by molar-refractivity contribution is 0.0996. The van der Waals surface area contributed by atoms with Crippen molar-refractivity contribution in [2.24, 2.45) is 0 Å². The van der Waals surface area contributed by atoms with Crippen LogP contribution < -0.4 is 5.32 Å². The molecule has 0 aliphatic carbocycles. The first-order valence-corrected chi connectivity index (χ1v) is 7.69. The van der Waals surface area contributed by atoms with Crippen molar-refractivity contribution in [1.82, 2.24) is 5.32 Å². The first-order valence-electron chi connectivity index (χ1n) is 7.31. The Morgan fingerprint density at radius 3 is 3.00 bits per heavy atom. The maximum absolute atomic E-state index is 6.14. The van der Waals surface area contributed by atoms with Gasteiger partial charge in [0.25, 0.3) is 0 Å². The quantitative estimate of drug-likeness (QED) is 0.841. The minimum atomic E-state index is 0.382. The van der Waals surface area contributed by atoms with Crippen LogP contribution in [0.25, 0.3) is 0 Å². The Balaban J connectivity index is 2.03. The van der Waals surface area contributed by atoms with Gasteiger partial charge in [-0.05, 0) is 62.4 Å². The highest BCUT2D eigenvalue weighted by Gasteiger charge is 2.19. The second kappa shape index (κ2) is 7.28. The molecule has 0 spiro atoms. The summed E-state index contributed by atoms with van der Waals surface area (Å²) >= 11 is 6.14. The maximum Gasteiger partial charge on any atom is 0.0576 e. The summed E-state index contributed by atoms with van der Waals surface area (Å²) in [6.07, 6.45) is 5.13. The number of hydrogen-bond acceptors (Lipinski definition) is 2. The third kappa shape index (κ3) is 4.20. The number of nitrogens with one attached hydrogen (secondary N) is 1. The molecule has 1 aromatic rings. The molecule has 2 atom stereocenters. The van der Waals surface area contributed by atoms with Crippen molar-refractivity contribution in [3.8, 4) is 0 Å². The molecule has 0 aromatic heterocycles. The predicted molar refractivity (Wildman–Crippen MR) is 80.8 cm³/mol. The van der Waals surface area contributed by atoms with Gasteiger partial charge in [0.15, 0.2) is 0 Å². The molecular weight excluding hydrogens is 258 g/mol. The Kier molecular flexibility index (Phi) is 5.68. The molecule has 0 amide bonds. The minimum Gasteiger partial charge on any atom is -0.378 e. The second-order valence-corrected chi connectivity index (χ2v) is 5.76. The van der Waals surface area contributed by atoms with Crippen LogP contribution in [0.5, 0.6) is 0 Å². The van der Waals surface area contributed by atoms with Gasteiger partial charge in [-0.3, -0.25) is 0 Å². The van der Waals surface area contributed by atoms with Crippen molar-refractivity contribution in [1.29, 1.82) is 0 Å². The van der Waals surface area contributed by atoms with Crippen LogP contribution in [0.2, 0.25) is 5.02 Å². The van der Waals surface area contributed by atoms with Crippen molar-refractivity contribution in [3.63, 3.8) is 0 Å². The normalized spacial score (nSPS) is 20.7. The van der Waals surface area contributed by atoms with Gasteiger partial charge in [-0.1, -0.05) is 24.6 Å². The number of ether oxygens (including phenoxy) is 1. The van der Waals surface area contributed by atoms with E-state index in [0.717, 1.165) is 31.0 Å². The van der Waals surface area contributed by atoms with Gasteiger partial charge in [-0.15, -0.1) is 0 Å². The summed E-state index contributed by atoms with van der Waals surface area (Å²) in [6.45, 7) is 6.22. The molecule has 1 aliphatic heterocycles. The Labute approximate surface area is 121 Å². The van der Waals surface area contributed by atoms with Crippen LogP contribution in [0, 0.1) is 6.92 Å². The van der Waals surface area contributed by atoms with Crippen LogP contribution in [0.1, 0.15) is 49.8 Å². The summed E-state index contributed by atoms with van der Waals surface area (Å²) in [6, 6.07) is 6.55. The summed E-state index contributed by atoms with van der Waals surface area (Å²) in [7, 11) is 0. The smallest absolute Gasteiger partial charge is 0.0576 e.